The molecule has 1 atom stereocenters. The number of phenolic OH excluding ortho intramolecular Hbond substituents is 1. The van der Waals surface area contributed by atoms with E-state index in [9.17, 15) is 10.2 Å². The monoisotopic (exact) mass is 259 g/mol. The highest BCUT2D eigenvalue weighted by Crippen LogP contribution is 2.26. The average Bonchev–Trinajstić information content (AvgIpc) is 2.30. The summed E-state index contributed by atoms with van der Waals surface area (Å²) in [5, 5.41) is 22.5. The molecule has 0 saturated heterocycles. The van der Waals surface area contributed by atoms with Gasteiger partial charge in [-0.1, -0.05) is 23.7 Å². The highest BCUT2D eigenvalue weighted by Gasteiger charge is 2.05. The number of aliphatic hydroxyl groups excluding tert-OH is 1. The molecule has 0 spiro atoms. The first-order chi connectivity index (χ1) is 8.15. The van der Waals surface area contributed by atoms with Gasteiger partial charge in [0.05, 0.1) is 17.7 Å². The summed E-state index contributed by atoms with van der Waals surface area (Å²) >= 11 is 5.78. The van der Waals surface area contributed by atoms with Crippen LogP contribution in [0.3, 0.4) is 0 Å². The number of aromatic hydroxyl groups is 1. The Hall–Kier alpha value is -0.810. The highest BCUT2D eigenvalue weighted by molar-refractivity contribution is 6.32. The fourth-order valence-corrected chi connectivity index (χ4v) is 1.66. The number of benzene rings is 1. The van der Waals surface area contributed by atoms with E-state index in [1.165, 1.54) is 0 Å². The van der Waals surface area contributed by atoms with Crippen molar-refractivity contribution in [3.05, 3.63) is 28.8 Å². The summed E-state index contributed by atoms with van der Waals surface area (Å²) in [5.74, 6) is 0.110. The lowest BCUT2D eigenvalue weighted by Crippen LogP contribution is -2.23. The van der Waals surface area contributed by atoms with Gasteiger partial charge in [-0.15, -0.1) is 0 Å². The van der Waals surface area contributed by atoms with E-state index >= 15 is 0 Å². The predicted octanol–water partition coefficient (Wildman–Crippen LogP) is 1.53. The van der Waals surface area contributed by atoms with Gasteiger partial charge in [-0.25, -0.2) is 0 Å². The van der Waals surface area contributed by atoms with Crippen LogP contribution in [0, 0.1) is 0 Å². The molecule has 0 saturated carbocycles. The molecule has 5 heteroatoms. The van der Waals surface area contributed by atoms with E-state index in [4.69, 9.17) is 16.3 Å². The number of methoxy groups -OCH3 is 1. The fourth-order valence-electron chi connectivity index (χ4n) is 1.47. The first-order valence-corrected chi connectivity index (χ1v) is 5.87. The van der Waals surface area contributed by atoms with Crippen molar-refractivity contribution in [1.29, 1.82) is 0 Å². The van der Waals surface area contributed by atoms with Crippen molar-refractivity contribution in [2.75, 3.05) is 20.3 Å². The standard InChI is InChI=1S/C12H18ClNO3/c1-17-8-10(15)5-6-14-7-9-3-2-4-11(13)12(9)16/h2-4,10,14-16H,5-8H2,1H3. The second kappa shape index (κ2) is 7.50. The number of ether oxygens (including phenoxy) is 1. The molecule has 0 fully saturated rings. The fraction of sp³-hybridized carbons (Fsp3) is 0.500. The van der Waals surface area contributed by atoms with Crippen LogP contribution >= 0.6 is 11.6 Å². The van der Waals surface area contributed by atoms with Gasteiger partial charge in [-0.2, -0.15) is 0 Å². The lowest BCUT2D eigenvalue weighted by Gasteiger charge is -2.11. The molecule has 17 heavy (non-hydrogen) atoms. The number of halogens is 1. The predicted molar refractivity (Wildman–Crippen MR) is 67.3 cm³/mol. The van der Waals surface area contributed by atoms with Crippen molar-refractivity contribution < 1.29 is 14.9 Å². The van der Waals surface area contributed by atoms with Gasteiger partial charge in [-0.3, -0.25) is 0 Å². The molecule has 0 heterocycles. The van der Waals surface area contributed by atoms with Crippen LogP contribution in [0.4, 0.5) is 0 Å². The van der Waals surface area contributed by atoms with E-state index in [0.29, 0.717) is 31.1 Å². The molecular weight excluding hydrogens is 242 g/mol. The molecule has 3 N–H and O–H groups in total. The minimum atomic E-state index is -0.458. The van der Waals surface area contributed by atoms with Crippen LogP contribution in [-0.4, -0.2) is 36.6 Å². The van der Waals surface area contributed by atoms with Crippen molar-refractivity contribution in [2.24, 2.45) is 0 Å². The van der Waals surface area contributed by atoms with E-state index in [2.05, 4.69) is 5.32 Å². The normalized spacial score (nSPS) is 12.6. The smallest absolute Gasteiger partial charge is 0.138 e. The van der Waals surface area contributed by atoms with E-state index in [1.54, 1.807) is 25.3 Å². The zero-order valence-electron chi connectivity index (χ0n) is 9.82. The van der Waals surface area contributed by atoms with Gasteiger partial charge in [-0.05, 0) is 19.0 Å². The van der Waals surface area contributed by atoms with Crippen molar-refractivity contribution >= 4 is 11.6 Å². The zero-order chi connectivity index (χ0) is 12.7. The summed E-state index contributed by atoms with van der Waals surface area (Å²) in [6.07, 6.45) is 0.148. The lowest BCUT2D eigenvalue weighted by atomic mass is 10.2. The SMILES string of the molecule is COCC(O)CCNCc1cccc(Cl)c1O. The van der Waals surface area contributed by atoms with Gasteiger partial charge in [0, 0.05) is 19.2 Å². The number of nitrogens with one attached hydrogen (secondary N) is 1. The minimum Gasteiger partial charge on any atom is -0.506 e. The molecule has 1 unspecified atom stereocenters. The number of rotatable bonds is 7. The Bertz CT molecular complexity index is 347. The number of hydrogen-bond donors (Lipinski definition) is 3. The topological polar surface area (TPSA) is 61.7 Å². The Morgan fingerprint density at radius 1 is 1.47 bits per heavy atom. The van der Waals surface area contributed by atoms with Gasteiger partial charge in [0.15, 0.2) is 0 Å². The van der Waals surface area contributed by atoms with Crippen molar-refractivity contribution in [2.45, 2.75) is 19.1 Å². The molecule has 0 aromatic heterocycles. The van der Waals surface area contributed by atoms with Crippen LogP contribution < -0.4 is 5.32 Å². The molecule has 0 aliphatic carbocycles. The first kappa shape index (κ1) is 14.3. The second-order valence-corrected chi connectivity index (χ2v) is 4.23. The Morgan fingerprint density at radius 2 is 2.24 bits per heavy atom. The van der Waals surface area contributed by atoms with Gasteiger partial charge in [0.1, 0.15) is 5.75 Å². The van der Waals surface area contributed by atoms with Crippen LogP contribution in [0.5, 0.6) is 5.75 Å². The van der Waals surface area contributed by atoms with Crippen LogP contribution in [0.15, 0.2) is 18.2 Å². The Kier molecular flexibility index (Phi) is 6.29. The first-order valence-electron chi connectivity index (χ1n) is 5.49. The van der Waals surface area contributed by atoms with Gasteiger partial charge in [0.25, 0.3) is 0 Å². The van der Waals surface area contributed by atoms with Gasteiger partial charge >= 0.3 is 0 Å². The summed E-state index contributed by atoms with van der Waals surface area (Å²) in [5.41, 5.74) is 0.749. The second-order valence-electron chi connectivity index (χ2n) is 3.82. The minimum absolute atomic E-state index is 0.110. The third kappa shape index (κ3) is 4.91. The number of para-hydroxylation sites is 1. The molecule has 0 bridgehead atoms. The van der Waals surface area contributed by atoms with Crippen LogP contribution in [-0.2, 0) is 11.3 Å². The molecular formula is C12H18ClNO3. The molecule has 0 radical (unpaired) electrons. The summed E-state index contributed by atoms with van der Waals surface area (Å²) < 4.78 is 4.82. The van der Waals surface area contributed by atoms with E-state index in [1.807, 2.05) is 0 Å². The maximum absolute atomic E-state index is 9.65. The number of phenols is 1. The number of hydrogen-bond acceptors (Lipinski definition) is 4. The Morgan fingerprint density at radius 3 is 2.94 bits per heavy atom. The largest absolute Gasteiger partial charge is 0.506 e. The molecule has 0 aliphatic rings. The van der Waals surface area contributed by atoms with Gasteiger partial charge in [0.2, 0.25) is 0 Å². The molecule has 1 rings (SSSR count). The molecule has 1 aromatic carbocycles. The van der Waals surface area contributed by atoms with Crippen molar-refractivity contribution in [3.63, 3.8) is 0 Å². The summed E-state index contributed by atoms with van der Waals surface area (Å²) in [7, 11) is 1.56. The van der Waals surface area contributed by atoms with Gasteiger partial charge < -0.3 is 20.3 Å². The van der Waals surface area contributed by atoms with Crippen LogP contribution in [0.1, 0.15) is 12.0 Å². The number of aliphatic hydroxyl groups is 1. The highest BCUT2D eigenvalue weighted by atomic mass is 35.5. The van der Waals surface area contributed by atoms with E-state index < -0.39 is 6.10 Å². The average molecular weight is 260 g/mol. The molecule has 4 nitrogen and oxygen atoms in total. The summed E-state index contributed by atoms with van der Waals surface area (Å²) in [4.78, 5) is 0. The van der Waals surface area contributed by atoms with Crippen LogP contribution in [0.2, 0.25) is 5.02 Å². The third-order valence-electron chi connectivity index (χ3n) is 2.40. The molecule has 0 aliphatic heterocycles. The van der Waals surface area contributed by atoms with E-state index in [0.717, 1.165) is 5.56 Å². The molecule has 96 valence electrons. The Labute approximate surface area is 106 Å². The van der Waals surface area contributed by atoms with E-state index in [-0.39, 0.29) is 5.75 Å². The maximum Gasteiger partial charge on any atom is 0.138 e. The van der Waals surface area contributed by atoms with Crippen molar-refractivity contribution in [3.8, 4) is 5.75 Å². The summed E-state index contributed by atoms with van der Waals surface area (Å²) in [6, 6.07) is 5.24. The summed E-state index contributed by atoms with van der Waals surface area (Å²) in [6.45, 7) is 1.51. The molecule has 1 aromatic rings. The Balaban J connectivity index is 2.29. The third-order valence-corrected chi connectivity index (χ3v) is 2.70. The molecule has 0 amide bonds. The maximum atomic E-state index is 9.65. The quantitative estimate of drug-likeness (QED) is 0.650. The van der Waals surface area contributed by atoms with Crippen molar-refractivity contribution in [1.82, 2.24) is 5.32 Å². The zero-order valence-corrected chi connectivity index (χ0v) is 10.6. The van der Waals surface area contributed by atoms with Crippen LogP contribution in [0.25, 0.3) is 0 Å². The lowest BCUT2D eigenvalue weighted by molar-refractivity contribution is 0.0594.